The molecule has 1 fully saturated rings. The summed E-state index contributed by atoms with van der Waals surface area (Å²) in [6, 6.07) is 5.44. The van der Waals surface area contributed by atoms with Gasteiger partial charge in [-0.05, 0) is 44.9 Å². The maximum atomic E-state index is 12.7. The minimum absolute atomic E-state index is 0.114. The van der Waals surface area contributed by atoms with Crippen LogP contribution in [0.2, 0.25) is 0 Å². The molecule has 1 aliphatic rings. The summed E-state index contributed by atoms with van der Waals surface area (Å²) >= 11 is 0. The van der Waals surface area contributed by atoms with Crippen LogP contribution in [-0.4, -0.2) is 29.4 Å². The summed E-state index contributed by atoms with van der Waals surface area (Å²) in [4.78, 5) is 28.9. The van der Waals surface area contributed by atoms with E-state index < -0.39 is 6.04 Å². The van der Waals surface area contributed by atoms with Crippen molar-refractivity contribution in [2.24, 2.45) is 0 Å². The molecule has 3 rings (SSSR count). The monoisotopic (exact) mass is 297 g/mol. The fourth-order valence-electron chi connectivity index (χ4n) is 2.85. The Balaban J connectivity index is 2.08. The van der Waals surface area contributed by atoms with Crippen molar-refractivity contribution in [1.29, 1.82) is 0 Å². The second kappa shape index (κ2) is 5.40. The number of fused-ring (bicyclic) bond motifs is 1. The highest BCUT2D eigenvalue weighted by molar-refractivity contribution is 6.09. The fourth-order valence-corrected chi connectivity index (χ4v) is 2.85. The van der Waals surface area contributed by atoms with Crippen LogP contribution in [0.5, 0.6) is 0 Å². The van der Waals surface area contributed by atoms with Gasteiger partial charge in [0, 0.05) is 17.6 Å². The van der Waals surface area contributed by atoms with Gasteiger partial charge >= 0.3 is 0 Å². The molecule has 1 aliphatic heterocycles. The number of nitrogens with one attached hydrogen (secondary N) is 2. The number of rotatable bonds is 2. The smallest absolute Gasteiger partial charge is 0.252 e. The van der Waals surface area contributed by atoms with Crippen molar-refractivity contribution < 1.29 is 9.59 Å². The van der Waals surface area contributed by atoms with Crippen LogP contribution in [0.3, 0.4) is 0 Å². The molecule has 0 spiro atoms. The van der Waals surface area contributed by atoms with Gasteiger partial charge in [0.05, 0.1) is 11.1 Å². The number of nitrogens with zero attached hydrogens (tertiary/aromatic N) is 1. The van der Waals surface area contributed by atoms with E-state index in [2.05, 4.69) is 15.6 Å². The number of benzene rings is 1. The number of hydrogen-bond acceptors (Lipinski definition) is 3. The zero-order valence-corrected chi connectivity index (χ0v) is 13.0. The molecule has 1 aromatic carbocycles. The third kappa shape index (κ3) is 2.43. The molecule has 0 saturated carbocycles. The Kier molecular flexibility index (Phi) is 3.56. The van der Waals surface area contributed by atoms with Crippen molar-refractivity contribution in [3.05, 3.63) is 40.6 Å². The standard InChI is InChI=1S/C17H19N3O2/c1-9-4-5-13-12(8-9)15(10(2)11(3)19-13)17(22)20-14-6-7-18-16(14)21/h4-5,8,14H,6-7H2,1-3H3,(H,18,21)(H,20,22)/t14-/m1/s1. The molecule has 0 unspecified atom stereocenters. The molecule has 1 saturated heterocycles. The minimum Gasteiger partial charge on any atom is -0.354 e. The SMILES string of the molecule is Cc1ccc2nc(C)c(C)c(C(=O)N[C@@H]3CCNC3=O)c2c1. The number of aryl methyl sites for hydroxylation is 2. The largest absolute Gasteiger partial charge is 0.354 e. The summed E-state index contributed by atoms with van der Waals surface area (Å²) < 4.78 is 0. The third-order valence-electron chi connectivity index (χ3n) is 4.21. The van der Waals surface area contributed by atoms with Crippen LogP contribution in [0.15, 0.2) is 18.2 Å². The van der Waals surface area contributed by atoms with E-state index >= 15 is 0 Å². The Morgan fingerprint density at radius 1 is 1.32 bits per heavy atom. The van der Waals surface area contributed by atoms with Crippen molar-refractivity contribution in [3.8, 4) is 0 Å². The topological polar surface area (TPSA) is 71.1 Å². The zero-order chi connectivity index (χ0) is 15.9. The minimum atomic E-state index is -0.444. The van der Waals surface area contributed by atoms with Gasteiger partial charge in [-0.2, -0.15) is 0 Å². The highest BCUT2D eigenvalue weighted by Crippen LogP contribution is 2.24. The molecule has 0 aliphatic carbocycles. The highest BCUT2D eigenvalue weighted by atomic mass is 16.2. The van der Waals surface area contributed by atoms with Gasteiger partial charge in [-0.15, -0.1) is 0 Å². The maximum absolute atomic E-state index is 12.7. The predicted octanol–water partition coefficient (Wildman–Crippen LogP) is 1.78. The van der Waals surface area contributed by atoms with E-state index in [4.69, 9.17) is 0 Å². The molecule has 2 aromatic rings. The Hall–Kier alpha value is -2.43. The van der Waals surface area contributed by atoms with Crippen molar-refractivity contribution in [2.45, 2.75) is 33.2 Å². The maximum Gasteiger partial charge on any atom is 0.252 e. The van der Waals surface area contributed by atoms with Gasteiger partial charge in [0.1, 0.15) is 6.04 Å². The van der Waals surface area contributed by atoms with Crippen LogP contribution in [0.1, 0.15) is 33.6 Å². The molecule has 0 bridgehead atoms. The second-order valence-corrected chi connectivity index (χ2v) is 5.82. The summed E-state index contributed by atoms with van der Waals surface area (Å²) in [5, 5.41) is 6.41. The summed E-state index contributed by atoms with van der Waals surface area (Å²) in [5.74, 6) is -0.321. The first-order chi connectivity index (χ1) is 10.5. The van der Waals surface area contributed by atoms with Crippen LogP contribution in [0.25, 0.3) is 10.9 Å². The molecule has 114 valence electrons. The molecule has 0 radical (unpaired) electrons. The first kappa shape index (κ1) is 14.5. The quantitative estimate of drug-likeness (QED) is 0.887. The van der Waals surface area contributed by atoms with E-state index in [-0.39, 0.29) is 11.8 Å². The average Bonchev–Trinajstić information content (AvgIpc) is 2.86. The van der Waals surface area contributed by atoms with E-state index in [1.54, 1.807) is 0 Å². The molecule has 5 nitrogen and oxygen atoms in total. The first-order valence-electron chi connectivity index (χ1n) is 7.43. The number of carbonyl (C=O) groups is 2. The lowest BCUT2D eigenvalue weighted by Crippen LogP contribution is -2.40. The molecular weight excluding hydrogens is 278 g/mol. The second-order valence-electron chi connectivity index (χ2n) is 5.82. The van der Waals surface area contributed by atoms with Gasteiger partial charge in [-0.3, -0.25) is 14.6 Å². The first-order valence-corrected chi connectivity index (χ1v) is 7.43. The molecule has 1 aromatic heterocycles. The van der Waals surface area contributed by atoms with Gasteiger partial charge < -0.3 is 10.6 Å². The van der Waals surface area contributed by atoms with Gasteiger partial charge in [0.25, 0.3) is 5.91 Å². The lowest BCUT2D eigenvalue weighted by molar-refractivity contribution is -0.120. The van der Waals surface area contributed by atoms with Crippen molar-refractivity contribution >= 4 is 22.7 Å². The Bertz CT molecular complexity index is 783. The number of aromatic nitrogens is 1. The normalized spacial score (nSPS) is 17.6. The highest BCUT2D eigenvalue weighted by Gasteiger charge is 2.27. The van der Waals surface area contributed by atoms with Crippen molar-refractivity contribution in [2.75, 3.05) is 6.54 Å². The molecular formula is C17H19N3O2. The van der Waals surface area contributed by atoms with Gasteiger partial charge in [0.2, 0.25) is 5.91 Å². The Morgan fingerprint density at radius 2 is 2.09 bits per heavy atom. The Morgan fingerprint density at radius 3 is 2.77 bits per heavy atom. The number of amides is 2. The van der Waals surface area contributed by atoms with Crippen LogP contribution in [0.4, 0.5) is 0 Å². The van der Waals surface area contributed by atoms with Crippen LogP contribution in [0, 0.1) is 20.8 Å². The summed E-state index contributed by atoms with van der Waals surface area (Å²) in [7, 11) is 0. The van der Waals surface area contributed by atoms with Crippen LogP contribution < -0.4 is 10.6 Å². The van der Waals surface area contributed by atoms with Crippen LogP contribution >= 0.6 is 0 Å². The fraction of sp³-hybridized carbons (Fsp3) is 0.353. The number of pyridine rings is 1. The van der Waals surface area contributed by atoms with E-state index in [1.165, 1.54) is 0 Å². The number of hydrogen-bond donors (Lipinski definition) is 2. The van der Waals surface area contributed by atoms with Crippen LogP contribution in [-0.2, 0) is 4.79 Å². The molecule has 2 N–H and O–H groups in total. The van der Waals surface area contributed by atoms with E-state index in [0.717, 1.165) is 27.7 Å². The van der Waals surface area contributed by atoms with E-state index in [9.17, 15) is 9.59 Å². The van der Waals surface area contributed by atoms with Gasteiger partial charge in [-0.1, -0.05) is 11.6 Å². The molecule has 2 amide bonds. The summed E-state index contributed by atoms with van der Waals surface area (Å²) in [6.45, 7) is 6.39. The van der Waals surface area contributed by atoms with E-state index in [1.807, 2.05) is 39.0 Å². The van der Waals surface area contributed by atoms with Crippen molar-refractivity contribution in [3.63, 3.8) is 0 Å². The molecule has 1 atom stereocenters. The lowest BCUT2D eigenvalue weighted by atomic mass is 9.99. The summed E-state index contributed by atoms with van der Waals surface area (Å²) in [6.07, 6.45) is 0.630. The van der Waals surface area contributed by atoms with Gasteiger partial charge in [0.15, 0.2) is 0 Å². The average molecular weight is 297 g/mol. The predicted molar refractivity (Wildman–Crippen MR) is 84.8 cm³/mol. The van der Waals surface area contributed by atoms with Gasteiger partial charge in [-0.25, -0.2) is 0 Å². The lowest BCUT2D eigenvalue weighted by Gasteiger charge is -2.15. The number of carbonyl (C=O) groups excluding carboxylic acids is 2. The van der Waals surface area contributed by atoms with Crippen molar-refractivity contribution in [1.82, 2.24) is 15.6 Å². The molecule has 22 heavy (non-hydrogen) atoms. The Labute approximate surface area is 129 Å². The summed E-state index contributed by atoms with van der Waals surface area (Å²) in [5.41, 5.74) is 4.18. The molecule has 2 heterocycles. The molecule has 5 heteroatoms. The third-order valence-corrected chi connectivity index (χ3v) is 4.21. The van der Waals surface area contributed by atoms with E-state index in [0.29, 0.717) is 18.5 Å². The zero-order valence-electron chi connectivity index (χ0n) is 13.0.